The van der Waals surface area contributed by atoms with E-state index in [4.69, 9.17) is 10.5 Å². The molecule has 13 heteroatoms. The maximum absolute atomic E-state index is 12.6. The number of carbonyl (C=O) groups is 5. The smallest absolute Gasteiger partial charge is 0.324 e. The zero-order valence-electron chi connectivity index (χ0n) is 19.5. The Morgan fingerprint density at radius 2 is 1.46 bits per heavy atom. The number of nitrogens with zero attached hydrogens (tertiary/aromatic N) is 3. The van der Waals surface area contributed by atoms with E-state index in [-0.39, 0.29) is 62.8 Å². The van der Waals surface area contributed by atoms with Gasteiger partial charge < -0.3 is 15.6 Å². The zero-order chi connectivity index (χ0) is 25.0. The standard InChI is InChI=1S/C22H29N5O7.ClH/c1-13(25-8-18(29)24-19(30)9-25)14(2)26-10-20(31)27(21(32)11-26)12-34-22(33)17(23)7-15-3-5-16(28)6-4-15;/h3-6,13-14,17,28H,7-12,23H2,1-2H3,(H,24,29,30);1H/t13?,14?,17-;/m0./s1. The summed E-state index contributed by atoms with van der Waals surface area (Å²) in [4.78, 5) is 65.0. The van der Waals surface area contributed by atoms with Gasteiger partial charge in [0, 0.05) is 12.1 Å². The van der Waals surface area contributed by atoms with Crippen molar-refractivity contribution >= 4 is 42.0 Å². The number of nitrogens with one attached hydrogen (secondary N) is 1. The largest absolute Gasteiger partial charge is 0.508 e. The van der Waals surface area contributed by atoms with Crippen LogP contribution in [0.2, 0.25) is 0 Å². The molecule has 4 N–H and O–H groups in total. The van der Waals surface area contributed by atoms with Crippen molar-refractivity contribution in [3.05, 3.63) is 29.8 Å². The first-order chi connectivity index (χ1) is 16.0. The van der Waals surface area contributed by atoms with Crippen molar-refractivity contribution in [3.8, 4) is 5.75 Å². The number of imide groups is 2. The van der Waals surface area contributed by atoms with Gasteiger partial charge in [0.25, 0.3) is 0 Å². The molecule has 0 aliphatic carbocycles. The van der Waals surface area contributed by atoms with E-state index in [0.717, 1.165) is 10.5 Å². The highest BCUT2D eigenvalue weighted by atomic mass is 35.5. The quantitative estimate of drug-likeness (QED) is 0.279. The van der Waals surface area contributed by atoms with Gasteiger partial charge in [0.1, 0.15) is 11.8 Å². The van der Waals surface area contributed by atoms with E-state index in [0.29, 0.717) is 0 Å². The number of hydrogen-bond acceptors (Lipinski definition) is 10. The van der Waals surface area contributed by atoms with Gasteiger partial charge in [-0.3, -0.25) is 39.1 Å². The van der Waals surface area contributed by atoms with E-state index in [2.05, 4.69) is 5.32 Å². The number of halogens is 1. The van der Waals surface area contributed by atoms with Crippen LogP contribution in [0.1, 0.15) is 19.4 Å². The van der Waals surface area contributed by atoms with Gasteiger partial charge >= 0.3 is 5.97 Å². The summed E-state index contributed by atoms with van der Waals surface area (Å²) in [6.45, 7) is 3.07. The van der Waals surface area contributed by atoms with Crippen molar-refractivity contribution in [2.75, 3.05) is 32.9 Å². The fraction of sp³-hybridized carbons (Fsp3) is 0.500. The number of esters is 1. The Bertz CT molecular complexity index is 939. The summed E-state index contributed by atoms with van der Waals surface area (Å²) < 4.78 is 5.10. The lowest BCUT2D eigenvalue weighted by molar-refractivity contribution is -0.165. The van der Waals surface area contributed by atoms with Crippen molar-refractivity contribution in [2.24, 2.45) is 5.73 Å². The van der Waals surface area contributed by atoms with Crippen LogP contribution < -0.4 is 11.1 Å². The highest BCUT2D eigenvalue weighted by Crippen LogP contribution is 2.16. The molecule has 2 heterocycles. The summed E-state index contributed by atoms with van der Waals surface area (Å²) in [5.41, 5.74) is 6.59. The van der Waals surface area contributed by atoms with E-state index in [1.807, 2.05) is 13.8 Å². The highest BCUT2D eigenvalue weighted by molar-refractivity contribution is 6.00. The van der Waals surface area contributed by atoms with Crippen LogP contribution in [0.5, 0.6) is 5.75 Å². The van der Waals surface area contributed by atoms with Crippen LogP contribution >= 0.6 is 12.4 Å². The Hall–Kier alpha value is -3.06. The average Bonchev–Trinajstić information content (AvgIpc) is 2.78. The first kappa shape index (κ1) is 28.2. The number of rotatable bonds is 8. The predicted octanol–water partition coefficient (Wildman–Crippen LogP) is -1.41. The first-order valence-electron chi connectivity index (χ1n) is 10.9. The van der Waals surface area contributed by atoms with Gasteiger partial charge in [-0.15, -0.1) is 12.4 Å². The van der Waals surface area contributed by atoms with Gasteiger partial charge in [0.15, 0.2) is 6.73 Å². The lowest BCUT2D eigenvalue weighted by Gasteiger charge is -2.41. The molecule has 1 aromatic rings. The number of ether oxygens (including phenoxy) is 1. The Morgan fingerprint density at radius 3 is 1.97 bits per heavy atom. The topological polar surface area (TPSA) is 163 Å². The molecule has 2 saturated heterocycles. The Kier molecular flexibility index (Phi) is 9.72. The molecule has 0 spiro atoms. The fourth-order valence-electron chi connectivity index (χ4n) is 3.91. The molecule has 3 atom stereocenters. The molecule has 0 bridgehead atoms. The van der Waals surface area contributed by atoms with Gasteiger partial charge in [0.05, 0.1) is 26.2 Å². The molecule has 4 amide bonds. The number of hydrogen-bond donors (Lipinski definition) is 3. The second-order valence-corrected chi connectivity index (χ2v) is 8.55. The number of nitrogens with two attached hydrogens (primary N) is 1. The number of piperazine rings is 2. The molecule has 0 aromatic heterocycles. The molecule has 1 aromatic carbocycles. The third-order valence-corrected chi connectivity index (χ3v) is 6.13. The molecular formula is C22H30ClN5O7. The molecule has 0 radical (unpaired) electrons. The number of amides is 4. The van der Waals surface area contributed by atoms with Gasteiger partial charge in [0.2, 0.25) is 23.6 Å². The number of carbonyl (C=O) groups excluding carboxylic acids is 5. The summed E-state index contributed by atoms with van der Waals surface area (Å²) in [6, 6.07) is 4.65. The molecular weight excluding hydrogens is 482 g/mol. The molecule has 12 nitrogen and oxygen atoms in total. The van der Waals surface area contributed by atoms with Crippen LogP contribution in [0.15, 0.2) is 24.3 Å². The minimum absolute atomic E-state index is 0. The monoisotopic (exact) mass is 511 g/mol. The first-order valence-corrected chi connectivity index (χ1v) is 10.9. The molecule has 2 aliphatic rings. The van der Waals surface area contributed by atoms with Crippen molar-refractivity contribution in [2.45, 2.75) is 38.4 Å². The van der Waals surface area contributed by atoms with E-state index < -0.39 is 42.4 Å². The van der Waals surface area contributed by atoms with Crippen LogP contribution in [0.3, 0.4) is 0 Å². The molecule has 3 rings (SSSR count). The predicted molar refractivity (Wildman–Crippen MR) is 125 cm³/mol. The van der Waals surface area contributed by atoms with Crippen molar-refractivity contribution in [1.29, 1.82) is 0 Å². The third kappa shape index (κ3) is 7.21. The lowest BCUT2D eigenvalue weighted by Crippen LogP contribution is -2.62. The Labute approximate surface area is 208 Å². The summed E-state index contributed by atoms with van der Waals surface area (Å²) in [5, 5.41) is 11.6. The summed E-state index contributed by atoms with van der Waals surface area (Å²) in [5.74, 6) is -2.50. The SMILES string of the molecule is CC(C(C)N1CC(=O)N(COC(=O)[C@@H](N)Cc2ccc(O)cc2)C(=O)C1)N1CC(=O)NC(=O)C1.Cl. The van der Waals surface area contributed by atoms with Crippen molar-refractivity contribution < 1.29 is 33.8 Å². The van der Waals surface area contributed by atoms with Crippen molar-refractivity contribution in [1.82, 2.24) is 20.0 Å². The van der Waals surface area contributed by atoms with Gasteiger partial charge in [-0.05, 0) is 38.0 Å². The van der Waals surface area contributed by atoms with E-state index in [1.54, 1.807) is 21.9 Å². The molecule has 2 fully saturated rings. The maximum atomic E-state index is 12.6. The minimum Gasteiger partial charge on any atom is -0.508 e. The Balaban J connectivity index is 0.00000432. The van der Waals surface area contributed by atoms with Crippen LogP contribution in [0.4, 0.5) is 0 Å². The zero-order valence-corrected chi connectivity index (χ0v) is 20.3. The number of aromatic hydroxyl groups is 1. The molecule has 192 valence electrons. The van der Waals surface area contributed by atoms with Gasteiger partial charge in [-0.25, -0.2) is 4.90 Å². The molecule has 2 unspecified atom stereocenters. The minimum atomic E-state index is -0.999. The number of benzene rings is 1. The molecule has 2 aliphatic heterocycles. The summed E-state index contributed by atoms with van der Waals surface area (Å²) in [6.07, 6.45) is 0.168. The highest BCUT2D eigenvalue weighted by Gasteiger charge is 2.38. The van der Waals surface area contributed by atoms with Gasteiger partial charge in [-0.2, -0.15) is 0 Å². The summed E-state index contributed by atoms with van der Waals surface area (Å²) >= 11 is 0. The Morgan fingerprint density at radius 1 is 0.971 bits per heavy atom. The normalized spacial score (nSPS) is 20.0. The number of phenolic OH excluding ortho intramolecular Hbond substituents is 1. The number of phenols is 1. The summed E-state index contributed by atoms with van der Waals surface area (Å²) in [7, 11) is 0. The van der Waals surface area contributed by atoms with Crippen molar-refractivity contribution in [3.63, 3.8) is 0 Å². The van der Waals surface area contributed by atoms with Crippen LogP contribution in [-0.2, 0) is 35.1 Å². The van der Waals surface area contributed by atoms with Crippen LogP contribution in [0, 0.1) is 0 Å². The fourth-order valence-corrected chi connectivity index (χ4v) is 3.91. The van der Waals surface area contributed by atoms with Crippen LogP contribution in [0.25, 0.3) is 0 Å². The molecule has 0 saturated carbocycles. The third-order valence-electron chi connectivity index (χ3n) is 6.13. The average molecular weight is 512 g/mol. The van der Waals surface area contributed by atoms with Gasteiger partial charge in [-0.1, -0.05) is 12.1 Å². The van der Waals surface area contributed by atoms with Crippen LogP contribution in [-0.4, -0.2) is 100 Å². The van der Waals surface area contributed by atoms with E-state index in [9.17, 15) is 29.1 Å². The van der Waals surface area contributed by atoms with E-state index >= 15 is 0 Å². The van der Waals surface area contributed by atoms with E-state index in [1.165, 1.54) is 12.1 Å². The second-order valence-electron chi connectivity index (χ2n) is 8.55. The maximum Gasteiger partial charge on any atom is 0.324 e. The molecule has 35 heavy (non-hydrogen) atoms. The second kappa shape index (κ2) is 12.1. The lowest BCUT2D eigenvalue weighted by atomic mass is 10.1.